The SMILES string of the molecule is Nc1ncnn2c(-c3cc(C(=O)N[C@@H]4CN(C(=O)C(O)C(F)(F)F)C[C@@H]4F)c(Cl)cc3F)cc(C(F)(F)F)c12. The number of aliphatic hydroxyl groups is 1. The highest BCUT2D eigenvalue weighted by Gasteiger charge is 2.48. The van der Waals surface area contributed by atoms with E-state index in [9.17, 15) is 44.7 Å². The molecule has 2 amide bonds. The molecule has 1 saturated heterocycles. The molecule has 0 aliphatic carbocycles. The van der Waals surface area contributed by atoms with Crippen molar-refractivity contribution in [1.82, 2.24) is 24.8 Å². The Labute approximate surface area is 217 Å². The third-order valence-corrected chi connectivity index (χ3v) is 6.20. The first kappa shape index (κ1) is 28.3. The van der Waals surface area contributed by atoms with Gasteiger partial charge in [0.2, 0.25) is 6.10 Å². The summed E-state index contributed by atoms with van der Waals surface area (Å²) in [6, 6.07) is 0.356. The first-order chi connectivity index (χ1) is 18.0. The van der Waals surface area contributed by atoms with Gasteiger partial charge in [-0.3, -0.25) is 9.59 Å². The highest BCUT2D eigenvalue weighted by Crippen LogP contribution is 2.40. The van der Waals surface area contributed by atoms with Gasteiger partial charge in [-0.2, -0.15) is 31.4 Å². The maximum Gasteiger partial charge on any atom is 0.423 e. The fraction of sp³-hybridized carbons (Fsp3) is 0.333. The van der Waals surface area contributed by atoms with Crippen molar-refractivity contribution in [3.63, 3.8) is 0 Å². The molecule has 18 heteroatoms. The second-order valence-corrected chi connectivity index (χ2v) is 8.85. The average Bonchev–Trinajstić information content (AvgIpc) is 3.39. The number of rotatable bonds is 4. The molecule has 3 heterocycles. The van der Waals surface area contributed by atoms with E-state index >= 15 is 0 Å². The number of aliphatic hydroxyl groups excluding tert-OH is 1. The van der Waals surface area contributed by atoms with Crippen LogP contribution in [0.2, 0.25) is 5.02 Å². The van der Waals surface area contributed by atoms with Gasteiger partial charge in [0.25, 0.3) is 11.8 Å². The Balaban J connectivity index is 1.66. The summed E-state index contributed by atoms with van der Waals surface area (Å²) in [4.78, 5) is 28.6. The number of nitrogens with two attached hydrogens (primary N) is 1. The molecule has 2 aromatic heterocycles. The summed E-state index contributed by atoms with van der Waals surface area (Å²) in [5, 5.41) is 14.4. The number of carbonyl (C=O) groups is 2. The first-order valence-corrected chi connectivity index (χ1v) is 11.1. The number of halogens is 9. The van der Waals surface area contributed by atoms with Crippen LogP contribution in [-0.4, -0.2) is 74.0 Å². The second-order valence-electron chi connectivity index (χ2n) is 8.44. The molecular formula is C21H15ClF8N6O3. The lowest BCUT2D eigenvalue weighted by Crippen LogP contribution is -2.47. The molecule has 210 valence electrons. The van der Waals surface area contributed by atoms with Crippen molar-refractivity contribution >= 4 is 34.7 Å². The first-order valence-electron chi connectivity index (χ1n) is 10.7. The lowest BCUT2D eigenvalue weighted by atomic mass is 10.1. The van der Waals surface area contributed by atoms with Gasteiger partial charge in [0.05, 0.1) is 34.4 Å². The van der Waals surface area contributed by atoms with Crippen LogP contribution in [0.4, 0.5) is 40.9 Å². The summed E-state index contributed by atoms with van der Waals surface area (Å²) in [6.07, 6.45) is -14.9. The molecule has 1 aliphatic heterocycles. The molecule has 1 fully saturated rings. The zero-order valence-corrected chi connectivity index (χ0v) is 19.7. The Kier molecular flexibility index (Phi) is 7.09. The van der Waals surface area contributed by atoms with Crippen LogP contribution in [-0.2, 0) is 11.0 Å². The number of hydrogen-bond donors (Lipinski definition) is 3. The van der Waals surface area contributed by atoms with Gasteiger partial charge in [0.15, 0.2) is 5.82 Å². The van der Waals surface area contributed by atoms with Crippen LogP contribution in [0, 0.1) is 5.82 Å². The highest BCUT2D eigenvalue weighted by atomic mass is 35.5. The Hall–Kier alpha value is -3.73. The zero-order valence-electron chi connectivity index (χ0n) is 19.0. The average molecular weight is 587 g/mol. The molecule has 4 rings (SSSR count). The van der Waals surface area contributed by atoms with E-state index in [1.165, 1.54) is 0 Å². The Bertz CT molecular complexity index is 1460. The van der Waals surface area contributed by atoms with E-state index in [1.54, 1.807) is 0 Å². The summed E-state index contributed by atoms with van der Waals surface area (Å²) in [7, 11) is 0. The molecule has 0 spiro atoms. The zero-order chi connectivity index (χ0) is 29.0. The molecule has 1 aromatic carbocycles. The summed E-state index contributed by atoms with van der Waals surface area (Å²) in [5.74, 6) is -4.73. The molecule has 3 aromatic rings. The van der Waals surface area contributed by atoms with Gasteiger partial charge in [-0.25, -0.2) is 18.3 Å². The van der Waals surface area contributed by atoms with E-state index in [0.29, 0.717) is 21.5 Å². The lowest BCUT2D eigenvalue weighted by molar-refractivity contribution is -0.210. The number of nitrogen functional groups attached to an aromatic ring is 1. The summed E-state index contributed by atoms with van der Waals surface area (Å²) >= 11 is 5.95. The van der Waals surface area contributed by atoms with Crippen molar-refractivity contribution in [2.24, 2.45) is 0 Å². The largest absolute Gasteiger partial charge is 0.423 e. The second kappa shape index (κ2) is 9.78. The maximum atomic E-state index is 14.9. The van der Waals surface area contributed by atoms with E-state index in [4.69, 9.17) is 22.4 Å². The van der Waals surface area contributed by atoms with Crippen LogP contribution in [0.25, 0.3) is 16.8 Å². The van der Waals surface area contributed by atoms with E-state index in [2.05, 4.69) is 15.4 Å². The molecule has 1 aliphatic rings. The molecule has 4 N–H and O–H groups in total. The van der Waals surface area contributed by atoms with Crippen LogP contribution in [0.1, 0.15) is 15.9 Å². The number of amides is 2. The number of aromatic nitrogens is 3. The number of benzene rings is 1. The fourth-order valence-corrected chi connectivity index (χ4v) is 4.27. The van der Waals surface area contributed by atoms with E-state index < -0.39 is 100 Å². The number of hydrogen-bond acceptors (Lipinski definition) is 6. The van der Waals surface area contributed by atoms with E-state index in [-0.39, 0.29) is 0 Å². The molecule has 1 unspecified atom stereocenters. The third-order valence-electron chi connectivity index (χ3n) is 5.89. The van der Waals surface area contributed by atoms with Crippen LogP contribution in [0.15, 0.2) is 24.5 Å². The minimum atomic E-state index is -5.30. The number of nitrogens with zero attached hydrogens (tertiary/aromatic N) is 4. The van der Waals surface area contributed by atoms with Crippen molar-refractivity contribution in [1.29, 1.82) is 0 Å². The van der Waals surface area contributed by atoms with Crippen LogP contribution in [0.3, 0.4) is 0 Å². The maximum absolute atomic E-state index is 14.9. The summed E-state index contributed by atoms with van der Waals surface area (Å²) in [6.45, 7) is -1.63. The lowest BCUT2D eigenvalue weighted by Gasteiger charge is -2.21. The van der Waals surface area contributed by atoms with Crippen molar-refractivity contribution in [3.05, 3.63) is 46.5 Å². The molecule has 0 bridgehead atoms. The molecule has 0 radical (unpaired) electrons. The number of fused-ring (bicyclic) bond motifs is 1. The standard InChI is InChI=1S/C21H15ClF8N6O3/c22-10-3-11(23)8(14-2-9(20(25,26)27)15-17(31)32-6-33-36(14)15)1-7(10)18(38)34-13-5-35(4-12(13)24)19(39)16(37)21(28,29)30/h1-3,6,12-13,16,37H,4-5H2,(H,34,38)(H2,31,32,33)/t12-,13+,16?/m0/s1. The van der Waals surface area contributed by atoms with Gasteiger partial charge < -0.3 is 21.1 Å². The smallest absolute Gasteiger partial charge is 0.382 e. The molecule has 39 heavy (non-hydrogen) atoms. The van der Waals surface area contributed by atoms with Gasteiger partial charge in [-0.15, -0.1) is 0 Å². The van der Waals surface area contributed by atoms with Crippen molar-refractivity contribution in [2.45, 2.75) is 30.7 Å². The predicted molar refractivity (Wildman–Crippen MR) is 118 cm³/mol. The Morgan fingerprint density at radius 3 is 2.44 bits per heavy atom. The van der Waals surface area contributed by atoms with Gasteiger partial charge in [0.1, 0.15) is 23.8 Å². The van der Waals surface area contributed by atoms with Crippen LogP contribution < -0.4 is 11.1 Å². The van der Waals surface area contributed by atoms with Crippen molar-refractivity contribution in [2.75, 3.05) is 18.8 Å². The Morgan fingerprint density at radius 1 is 1.15 bits per heavy atom. The molecular weight excluding hydrogens is 572 g/mol. The highest BCUT2D eigenvalue weighted by molar-refractivity contribution is 6.34. The van der Waals surface area contributed by atoms with Crippen molar-refractivity contribution in [3.8, 4) is 11.3 Å². The number of carbonyl (C=O) groups excluding carboxylic acids is 2. The number of likely N-dealkylation sites (tertiary alicyclic amines) is 1. The van der Waals surface area contributed by atoms with E-state index in [0.717, 1.165) is 12.4 Å². The van der Waals surface area contributed by atoms with Gasteiger partial charge in [-0.1, -0.05) is 11.6 Å². The molecule has 9 nitrogen and oxygen atoms in total. The van der Waals surface area contributed by atoms with Crippen molar-refractivity contribution < 1.29 is 49.8 Å². The number of anilines is 1. The summed E-state index contributed by atoms with van der Waals surface area (Å²) in [5.41, 5.74) is 1.98. The topological polar surface area (TPSA) is 126 Å². The van der Waals surface area contributed by atoms with Crippen LogP contribution in [0.5, 0.6) is 0 Å². The quantitative estimate of drug-likeness (QED) is 0.404. The van der Waals surface area contributed by atoms with Gasteiger partial charge in [-0.05, 0) is 18.2 Å². The third kappa shape index (κ3) is 5.27. The predicted octanol–water partition coefficient (Wildman–Crippen LogP) is 2.99. The van der Waals surface area contributed by atoms with Crippen LogP contribution >= 0.6 is 11.6 Å². The number of nitrogens with one attached hydrogen (secondary N) is 1. The van der Waals surface area contributed by atoms with Gasteiger partial charge >= 0.3 is 12.4 Å². The van der Waals surface area contributed by atoms with Gasteiger partial charge in [0, 0.05) is 12.1 Å². The minimum Gasteiger partial charge on any atom is -0.382 e. The monoisotopic (exact) mass is 586 g/mol. The van der Waals surface area contributed by atoms with E-state index in [1.807, 2.05) is 0 Å². The minimum absolute atomic E-state index is 0.362. The number of alkyl halides is 7. The Morgan fingerprint density at radius 2 is 1.82 bits per heavy atom. The normalized spacial score (nSPS) is 19.0. The molecule has 3 atom stereocenters. The fourth-order valence-electron chi connectivity index (χ4n) is 4.03. The summed E-state index contributed by atoms with van der Waals surface area (Å²) < 4.78 is 109. The molecule has 0 saturated carbocycles.